The monoisotopic (exact) mass is 599 g/mol. The molecule has 0 fully saturated rings. The molecular formula is C31H41N3O9. The number of hydrogen-bond donors (Lipinski definition) is 3. The Balaban J connectivity index is 1.96. The molecule has 2 unspecified atom stereocenters. The number of rotatable bonds is 13. The van der Waals surface area contributed by atoms with Crippen LogP contribution in [0.2, 0.25) is 0 Å². The number of amides is 3. The standard InChI is InChI=1S/C31H41N3O9/c1-7-40-27(36)24(33-30(39)41-19-22-11-9-8-10-12-22)17-21-13-15-23(16-14-21)42-28(37)26(20(2)3)34-25(35)18-32-29(38)43-31(4,5)6/h8-16,20,24,26H,7,17-19H2,1-6H3,(H,32,38)(H,33,39)(H,34,35). The molecule has 0 aliphatic carbocycles. The van der Waals surface area contributed by atoms with Crippen LogP contribution in [-0.2, 0) is 41.6 Å². The van der Waals surface area contributed by atoms with Crippen LogP contribution in [0.4, 0.5) is 9.59 Å². The summed E-state index contributed by atoms with van der Waals surface area (Å²) >= 11 is 0. The smallest absolute Gasteiger partial charge is 0.408 e. The summed E-state index contributed by atoms with van der Waals surface area (Å²) in [6.45, 7) is 10.0. The molecule has 0 bridgehead atoms. The van der Waals surface area contributed by atoms with Gasteiger partial charge < -0.3 is 34.9 Å². The van der Waals surface area contributed by atoms with Crippen LogP contribution in [0.25, 0.3) is 0 Å². The number of esters is 2. The highest BCUT2D eigenvalue weighted by Crippen LogP contribution is 2.16. The summed E-state index contributed by atoms with van der Waals surface area (Å²) in [7, 11) is 0. The van der Waals surface area contributed by atoms with Gasteiger partial charge in [0.05, 0.1) is 6.61 Å². The lowest BCUT2D eigenvalue weighted by Crippen LogP contribution is -2.49. The maximum atomic E-state index is 12.9. The maximum absolute atomic E-state index is 12.9. The van der Waals surface area contributed by atoms with E-state index in [9.17, 15) is 24.0 Å². The Hall–Kier alpha value is -4.61. The number of ether oxygens (including phenoxy) is 4. The second kappa shape index (κ2) is 16.7. The van der Waals surface area contributed by atoms with Gasteiger partial charge in [-0.1, -0.05) is 56.3 Å². The van der Waals surface area contributed by atoms with Crippen molar-refractivity contribution in [3.63, 3.8) is 0 Å². The second-order valence-corrected chi connectivity index (χ2v) is 10.9. The third-order valence-electron chi connectivity index (χ3n) is 5.69. The summed E-state index contributed by atoms with van der Waals surface area (Å²) in [6, 6.07) is 13.5. The van der Waals surface area contributed by atoms with Crippen LogP contribution in [0.1, 0.15) is 52.7 Å². The quantitative estimate of drug-likeness (QED) is 0.177. The lowest BCUT2D eigenvalue weighted by atomic mass is 10.0. The topological polar surface area (TPSA) is 158 Å². The van der Waals surface area contributed by atoms with Gasteiger partial charge in [0.1, 0.15) is 36.6 Å². The van der Waals surface area contributed by atoms with E-state index in [-0.39, 0.29) is 37.8 Å². The number of carbonyl (C=O) groups excluding carboxylic acids is 5. The minimum absolute atomic E-state index is 0.0420. The summed E-state index contributed by atoms with van der Waals surface area (Å²) in [4.78, 5) is 61.9. The van der Waals surface area contributed by atoms with Gasteiger partial charge in [0, 0.05) is 6.42 Å². The molecule has 12 nitrogen and oxygen atoms in total. The molecule has 0 aliphatic rings. The number of hydrogen-bond acceptors (Lipinski definition) is 9. The first kappa shape index (κ1) is 34.6. The van der Waals surface area contributed by atoms with Crippen molar-refractivity contribution in [2.75, 3.05) is 13.2 Å². The van der Waals surface area contributed by atoms with E-state index in [1.165, 1.54) is 12.1 Å². The van der Waals surface area contributed by atoms with Gasteiger partial charge in [-0.2, -0.15) is 0 Å². The lowest BCUT2D eigenvalue weighted by Gasteiger charge is -2.22. The molecule has 2 atom stereocenters. The zero-order chi connectivity index (χ0) is 32.0. The molecule has 0 aliphatic heterocycles. The Labute approximate surface area is 251 Å². The van der Waals surface area contributed by atoms with E-state index in [0.717, 1.165) is 5.56 Å². The van der Waals surface area contributed by atoms with Gasteiger partial charge in [-0.15, -0.1) is 0 Å². The minimum Gasteiger partial charge on any atom is -0.464 e. The Morgan fingerprint density at radius 1 is 0.791 bits per heavy atom. The van der Waals surface area contributed by atoms with E-state index in [1.807, 2.05) is 30.3 Å². The molecule has 2 rings (SSSR count). The number of carbonyl (C=O) groups is 5. The molecule has 234 valence electrons. The third kappa shape index (κ3) is 13.3. The van der Waals surface area contributed by atoms with Crippen LogP contribution in [0, 0.1) is 5.92 Å². The molecule has 0 saturated carbocycles. The van der Waals surface area contributed by atoms with Crippen LogP contribution in [0.5, 0.6) is 5.75 Å². The maximum Gasteiger partial charge on any atom is 0.408 e. The fourth-order valence-corrected chi connectivity index (χ4v) is 3.64. The van der Waals surface area contributed by atoms with E-state index in [1.54, 1.807) is 53.7 Å². The molecule has 3 N–H and O–H groups in total. The predicted molar refractivity (Wildman–Crippen MR) is 157 cm³/mol. The minimum atomic E-state index is -1.01. The fraction of sp³-hybridized carbons (Fsp3) is 0.452. The Morgan fingerprint density at radius 2 is 1.44 bits per heavy atom. The molecule has 0 saturated heterocycles. The highest BCUT2D eigenvalue weighted by Gasteiger charge is 2.27. The molecule has 0 aromatic heterocycles. The summed E-state index contributed by atoms with van der Waals surface area (Å²) in [5, 5.41) is 7.46. The van der Waals surface area contributed by atoms with Crippen molar-refractivity contribution in [1.82, 2.24) is 16.0 Å². The van der Waals surface area contributed by atoms with Crippen molar-refractivity contribution in [3.05, 3.63) is 65.7 Å². The lowest BCUT2D eigenvalue weighted by molar-refractivity contribution is -0.145. The summed E-state index contributed by atoms with van der Waals surface area (Å²) < 4.78 is 20.9. The molecule has 0 radical (unpaired) electrons. The molecule has 12 heteroatoms. The van der Waals surface area contributed by atoms with Crippen molar-refractivity contribution < 1.29 is 42.9 Å². The van der Waals surface area contributed by atoms with Crippen LogP contribution in [0.3, 0.4) is 0 Å². The molecule has 43 heavy (non-hydrogen) atoms. The molecule has 3 amide bonds. The van der Waals surface area contributed by atoms with Gasteiger partial charge in [-0.05, 0) is 56.9 Å². The van der Waals surface area contributed by atoms with E-state index < -0.39 is 47.7 Å². The van der Waals surface area contributed by atoms with Gasteiger partial charge in [0.2, 0.25) is 5.91 Å². The largest absolute Gasteiger partial charge is 0.464 e. The average Bonchev–Trinajstić information content (AvgIpc) is 2.94. The van der Waals surface area contributed by atoms with E-state index in [2.05, 4.69) is 16.0 Å². The highest BCUT2D eigenvalue weighted by atomic mass is 16.6. The van der Waals surface area contributed by atoms with Crippen LogP contribution >= 0.6 is 0 Å². The van der Waals surface area contributed by atoms with Crippen LogP contribution < -0.4 is 20.7 Å². The molecule has 2 aromatic rings. The summed E-state index contributed by atoms with van der Waals surface area (Å²) in [5.74, 6) is -2.00. The zero-order valence-electron chi connectivity index (χ0n) is 25.4. The van der Waals surface area contributed by atoms with E-state index in [4.69, 9.17) is 18.9 Å². The van der Waals surface area contributed by atoms with E-state index in [0.29, 0.717) is 5.56 Å². The SMILES string of the molecule is CCOC(=O)C(Cc1ccc(OC(=O)C(NC(=O)CNC(=O)OC(C)(C)C)C(C)C)cc1)NC(=O)OCc1ccccc1. The predicted octanol–water partition coefficient (Wildman–Crippen LogP) is 3.66. The first-order chi connectivity index (χ1) is 20.3. The van der Waals surface area contributed by atoms with Gasteiger partial charge in [0.15, 0.2) is 0 Å². The van der Waals surface area contributed by atoms with Gasteiger partial charge in [0.25, 0.3) is 0 Å². The van der Waals surface area contributed by atoms with Crippen LogP contribution in [-0.4, -0.2) is 60.9 Å². The van der Waals surface area contributed by atoms with Crippen LogP contribution in [0.15, 0.2) is 54.6 Å². The third-order valence-corrected chi connectivity index (χ3v) is 5.69. The summed E-state index contributed by atoms with van der Waals surface area (Å²) in [5.41, 5.74) is 0.737. The van der Waals surface area contributed by atoms with Crippen molar-refractivity contribution in [2.24, 2.45) is 5.92 Å². The van der Waals surface area contributed by atoms with Crippen molar-refractivity contribution >= 4 is 30.0 Å². The normalized spacial score (nSPS) is 12.3. The van der Waals surface area contributed by atoms with Gasteiger partial charge in [-0.3, -0.25) is 4.79 Å². The average molecular weight is 600 g/mol. The van der Waals surface area contributed by atoms with Gasteiger partial charge in [-0.25, -0.2) is 19.2 Å². The summed E-state index contributed by atoms with van der Waals surface area (Å²) in [6.07, 6.45) is -1.42. The van der Waals surface area contributed by atoms with E-state index >= 15 is 0 Å². The first-order valence-electron chi connectivity index (χ1n) is 14.0. The van der Waals surface area contributed by atoms with Crippen molar-refractivity contribution in [3.8, 4) is 5.75 Å². The van der Waals surface area contributed by atoms with Crippen molar-refractivity contribution in [1.29, 1.82) is 0 Å². The Kier molecular flexibility index (Phi) is 13.5. The Morgan fingerprint density at radius 3 is 2.02 bits per heavy atom. The first-order valence-corrected chi connectivity index (χ1v) is 14.0. The zero-order valence-corrected chi connectivity index (χ0v) is 25.4. The second-order valence-electron chi connectivity index (χ2n) is 10.9. The Bertz CT molecular complexity index is 1230. The molecule has 0 spiro atoms. The number of nitrogens with one attached hydrogen (secondary N) is 3. The fourth-order valence-electron chi connectivity index (χ4n) is 3.64. The number of benzene rings is 2. The van der Waals surface area contributed by atoms with Gasteiger partial charge >= 0.3 is 24.1 Å². The molecular weight excluding hydrogens is 558 g/mol. The highest BCUT2D eigenvalue weighted by molar-refractivity contribution is 5.88. The van der Waals surface area contributed by atoms with Crippen molar-refractivity contribution in [2.45, 2.75) is 72.3 Å². The molecule has 0 heterocycles. The molecule has 2 aromatic carbocycles. The number of alkyl carbamates (subject to hydrolysis) is 2.